The molecule has 1 atom stereocenters. The van der Waals surface area contributed by atoms with Gasteiger partial charge in [-0.15, -0.1) is 0 Å². The van der Waals surface area contributed by atoms with Gasteiger partial charge in [0.2, 0.25) is 0 Å². The molecule has 0 spiro atoms. The summed E-state index contributed by atoms with van der Waals surface area (Å²) in [5.74, 6) is 0.0927. The maximum absolute atomic E-state index is 13.6. The Balaban J connectivity index is 1.68. The highest BCUT2D eigenvalue weighted by Gasteiger charge is 2.17. The van der Waals surface area contributed by atoms with Crippen LogP contribution in [0.3, 0.4) is 0 Å². The molecule has 4 rings (SSSR count). The van der Waals surface area contributed by atoms with Crippen LogP contribution < -0.4 is 15.6 Å². The number of ether oxygens (including phenoxy) is 1. The van der Waals surface area contributed by atoms with Gasteiger partial charge in [0.05, 0.1) is 37.1 Å². The maximum Gasteiger partial charge on any atom is 0.291 e. The highest BCUT2D eigenvalue weighted by molar-refractivity contribution is 6.29. The first-order valence-electron chi connectivity index (χ1n) is 9.71. The Kier molecular flexibility index (Phi) is 5.91. The average molecular weight is 455 g/mol. The number of methoxy groups -OCH3 is 1. The number of pyridine rings is 1. The molecule has 0 saturated carbocycles. The molecule has 0 bridgehead atoms. The molecule has 4 aromatic rings. The van der Waals surface area contributed by atoms with Gasteiger partial charge in [0.1, 0.15) is 17.3 Å². The molecule has 3 aromatic heterocycles. The Morgan fingerprint density at radius 1 is 1.22 bits per heavy atom. The number of nitrogens with one attached hydrogen (secondary N) is 1. The van der Waals surface area contributed by atoms with Crippen molar-refractivity contribution >= 4 is 23.0 Å². The minimum absolute atomic E-state index is 0.112. The van der Waals surface area contributed by atoms with Crippen LogP contribution in [0.4, 0.5) is 15.8 Å². The standard InChI is InChI=1S/C22H20ClFN6O2/c1-13-11-29(12-26-13)19-5-4-17(7-20(19)32-3)27-18-8-21(23)28-30(22(18)31)14(2)15-6-16(24)10-25-9-15/h4-12,14,27H,1-3H3/t14-/m0/s1. The first-order chi connectivity index (χ1) is 15.4. The van der Waals surface area contributed by atoms with E-state index in [4.69, 9.17) is 16.3 Å². The predicted molar refractivity (Wildman–Crippen MR) is 120 cm³/mol. The summed E-state index contributed by atoms with van der Waals surface area (Å²) in [6.45, 7) is 3.62. The van der Waals surface area contributed by atoms with E-state index in [2.05, 4.69) is 20.4 Å². The number of aryl methyl sites for hydroxylation is 1. The van der Waals surface area contributed by atoms with Gasteiger partial charge in [-0.3, -0.25) is 9.78 Å². The van der Waals surface area contributed by atoms with Gasteiger partial charge in [0.15, 0.2) is 5.15 Å². The Bertz CT molecular complexity index is 1340. The Morgan fingerprint density at radius 3 is 2.72 bits per heavy atom. The van der Waals surface area contributed by atoms with Gasteiger partial charge in [-0.05, 0) is 37.6 Å². The second-order valence-electron chi connectivity index (χ2n) is 7.18. The van der Waals surface area contributed by atoms with Crippen LogP contribution in [0.5, 0.6) is 5.75 Å². The highest BCUT2D eigenvalue weighted by atomic mass is 35.5. The molecule has 0 amide bonds. The van der Waals surface area contributed by atoms with E-state index < -0.39 is 17.4 Å². The lowest BCUT2D eigenvalue weighted by Crippen LogP contribution is -2.28. The quantitative estimate of drug-likeness (QED) is 0.467. The lowest BCUT2D eigenvalue weighted by molar-refractivity contribution is 0.413. The van der Waals surface area contributed by atoms with Crippen molar-refractivity contribution in [3.05, 3.63) is 87.8 Å². The first kappa shape index (κ1) is 21.5. The zero-order valence-corrected chi connectivity index (χ0v) is 18.3. The predicted octanol–water partition coefficient (Wildman–Crippen LogP) is 4.29. The van der Waals surface area contributed by atoms with Gasteiger partial charge in [-0.2, -0.15) is 5.10 Å². The molecule has 0 fully saturated rings. The van der Waals surface area contributed by atoms with E-state index in [1.807, 2.05) is 29.8 Å². The molecule has 32 heavy (non-hydrogen) atoms. The molecule has 10 heteroatoms. The van der Waals surface area contributed by atoms with Crippen molar-refractivity contribution in [3.63, 3.8) is 0 Å². The molecule has 0 radical (unpaired) electrons. The van der Waals surface area contributed by atoms with Crippen LogP contribution in [-0.4, -0.2) is 31.4 Å². The van der Waals surface area contributed by atoms with Gasteiger partial charge in [-0.1, -0.05) is 11.6 Å². The van der Waals surface area contributed by atoms with Gasteiger partial charge in [-0.25, -0.2) is 14.1 Å². The minimum atomic E-state index is -0.577. The molecule has 8 nitrogen and oxygen atoms in total. The third-order valence-corrected chi connectivity index (χ3v) is 5.11. The normalized spacial score (nSPS) is 11.9. The number of halogens is 2. The van der Waals surface area contributed by atoms with Crippen molar-refractivity contribution in [2.24, 2.45) is 0 Å². The molecule has 164 valence electrons. The topological polar surface area (TPSA) is 86.9 Å². The zero-order chi connectivity index (χ0) is 22.8. The van der Waals surface area contributed by atoms with Crippen molar-refractivity contribution in [1.29, 1.82) is 0 Å². The summed E-state index contributed by atoms with van der Waals surface area (Å²) < 4.78 is 22.2. The fourth-order valence-electron chi connectivity index (χ4n) is 3.31. The van der Waals surface area contributed by atoms with Gasteiger partial charge in [0.25, 0.3) is 5.56 Å². The van der Waals surface area contributed by atoms with Crippen LogP contribution in [0.1, 0.15) is 24.2 Å². The Labute approximate surface area is 188 Å². The third-order valence-electron chi connectivity index (χ3n) is 4.93. The largest absolute Gasteiger partial charge is 0.494 e. The summed E-state index contributed by atoms with van der Waals surface area (Å²) in [5, 5.41) is 7.30. The van der Waals surface area contributed by atoms with Crippen LogP contribution in [0.25, 0.3) is 5.69 Å². The lowest BCUT2D eigenvalue weighted by atomic mass is 10.1. The number of rotatable bonds is 6. The van der Waals surface area contributed by atoms with Crippen LogP contribution in [-0.2, 0) is 0 Å². The number of benzene rings is 1. The fraction of sp³-hybridized carbons (Fsp3) is 0.182. The third kappa shape index (κ3) is 4.33. The number of imidazole rings is 1. The van der Waals surface area contributed by atoms with Crippen molar-refractivity contribution < 1.29 is 9.13 Å². The molecule has 0 aliphatic carbocycles. The number of hydrogen-bond donors (Lipinski definition) is 1. The smallest absolute Gasteiger partial charge is 0.291 e. The molecule has 1 aromatic carbocycles. The van der Waals surface area contributed by atoms with Gasteiger partial charge >= 0.3 is 0 Å². The first-order valence-corrected chi connectivity index (χ1v) is 10.1. The second-order valence-corrected chi connectivity index (χ2v) is 7.56. The highest BCUT2D eigenvalue weighted by Crippen LogP contribution is 2.28. The van der Waals surface area contributed by atoms with E-state index in [-0.39, 0.29) is 10.8 Å². The van der Waals surface area contributed by atoms with Crippen LogP contribution in [0.15, 0.2) is 60.0 Å². The molecule has 1 N–H and O–H groups in total. The molecule has 0 saturated heterocycles. The zero-order valence-electron chi connectivity index (χ0n) is 17.6. The van der Waals surface area contributed by atoms with Gasteiger partial charge < -0.3 is 14.6 Å². The summed E-state index contributed by atoms with van der Waals surface area (Å²) in [4.78, 5) is 21.2. The van der Waals surface area contributed by atoms with E-state index in [0.717, 1.165) is 17.6 Å². The average Bonchev–Trinajstić information content (AvgIpc) is 3.21. The molecule has 0 aliphatic heterocycles. The molecular weight excluding hydrogens is 435 g/mol. The summed E-state index contributed by atoms with van der Waals surface area (Å²) in [5.41, 5.74) is 2.59. The van der Waals surface area contributed by atoms with E-state index in [1.54, 1.807) is 26.4 Å². The van der Waals surface area contributed by atoms with Crippen LogP contribution in [0.2, 0.25) is 5.15 Å². The number of nitrogens with zero attached hydrogens (tertiary/aromatic N) is 5. The van der Waals surface area contributed by atoms with E-state index in [1.165, 1.54) is 23.0 Å². The molecule has 0 unspecified atom stereocenters. The summed E-state index contributed by atoms with van der Waals surface area (Å²) in [6, 6.07) is 7.60. The van der Waals surface area contributed by atoms with Gasteiger partial charge in [0, 0.05) is 30.2 Å². The van der Waals surface area contributed by atoms with Crippen molar-refractivity contribution in [1.82, 2.24) is 24.3 Å². The van der Waals surface area contributed by atoms with Crippen LogP contribution >= 0.6 is 11.6 Å². The number of anilines is 2. The van der Waals surface area contributed by atoms with E-state index >= 15 is 0 Å². The molecular formula is C22H20ClFN6O2. The van der Waals surface area contributed by atoms with Crippen molar-refractivity contribution in [3.8, 4) is 11.4 Å². The van der Waals surface area contributed by atoms with Crippen molar-refractivity contribution in [2.75, 3.05) is 12.4 Å². The number of aromatic nitrogens is 5. The monoisotopic (exact) mass is 454 g/mol. The van der Waals surface area contributed by atoms with Crippen molar-refractivity contribution in [2.45, 2.75) is 19.9 Å². The number of hydrogen-bond acceptors (Lipinski definition) is 6. The SMILES string of the molecule is COc1cc(Nc2cc(Cl)nn([C@@H](C)c3cncc(F)c3)c2=O)ccc1-n1cnc(C)c1. The van der Waals surface area contributed by atoms with E-state index in [0.29, 0.717) is 17.0 Å². The van der Waals surface area contributed by atoms with E-state index in [9.17, 15) is 9.18 Å². The lowest BCUT2D eigenvalue weighted by Gasteiger charge is -2.17. The Hall–Kier alpha value is -3.72. The summed E-state index contributed by atoms with van der Waals surface area (Å²) in [6.07, 6.45) is 6.16. The molecule has 0 aliphatic rings. The summed E-state index contributed by atoms with van der Waals surface area (Å²) >= 11 is 6.18. The fourth-order valence-corrected chi connectivity index (χ4v) is 3.50. The Morgan fingerprint density at radius 2 is 2.03 bits per heavy atom. The minimum Gasteiger partial charge on any atom is -0.494 e. The second kappa shape index (κ2) is 8.80. The molecule has 3 heterocycles. The summed E-state index contributed by atoms with van der Waals surface area (Å²) in [7, 11) is 1.57. The van der Waals surface area contributed by atoms with Crippen LogP contribution in [0, 0.1) is 12.7 Å². The maximum atomic E-state index is 13.6.